The molecular formula is C24H22FN3O2S2. The third kappa shape index (κ3) is 4.47. The molecule has 1 amide bonds. The summed E-state index contributed by atoms with van der Waals surface area (Å²) in [6, 6.07) is 14.0. The fourth-order valence-corrected chi connectivity index (χ4v) is 4.99. The lowest BCUT2D eigenvalue weighted by Gasteiger charge is -2.15. The molecule has 0 radical (unpaired) electrons. The van der Waals surface area contributed by atoms with Crippen LogP contribution in [0.15, 0.2) is 63.9 Å². The van der Waals surface area contributed by atoms with Crippen LogP contribution in [0.1, 0.15) is 30.9 Å². The average molecular weight is 468 g/mol. The first kappa shape index (κ1) is 22.2. The second-order valence-electron chi connectivity index (χ2n) is 7.68. The number of aromatic nitrogens is 2. The molecule has 2 aromatic carbocycles. The van der Waals surface area contributed by atoms with Crippen molar-refractivity contribution in [1.82, 2.24) is 9.55 Å². The number of aryl methyl sites for hydroxylation is 1. The molecule has 0 spiro atoms. The molecule has 8 heteroatoms. The summed E-state index contributed by atoms with van der Waals surface area (Å²) in [7, 11) is 0. The van der Waals surface area contributed by atoms with Gasteiger partial charge in [-0.3, -0.25) is 14.2 Å². The van der Waals surface area contributed by atoms with Gasteiger partial charge in [-0.05, 0) is 59.7 Å². The molecule has 4 aromatic rings. The van der Waals surface area contributed by atoms with Crippen molar-refractivity contribution in [3.63, 3.8) is 0 Å². The maximum atomic E-state index is 13.8. The number of thioether (sulfide) groups is 1. The van der Waals surface area contributed by atoms with E-state index in [4.69, 9.17) is 0 Å². The van der Waals surface area contributed by atoms with Crippen molar-refractivity contribution < 1.29 is 9.18 Å². The van der Waals surface area contributed by atoms with Gasteiger partial charge in [-0.25, -0.2) is 9.37 Å². The minimum Gasteiger partial charge on any atom is -0.325 e. The highest BCUT2D eigenvalue weighted by molar-refractivity contribution is 7.99. The van der Waals surface area contributed by atoms with Crippen LogP contribution in [0.4, 0.5) is 10.1 Å². The van der Waals surface area contributed by atoms with Crippen LogP contribution in [-0.2, 0) is 4.79 Å². The first-order valence-electron chi connectivity index (χ1n) is 10.1. The summed E-state index contributed by atoms with van der Waals surface area (Å²) in [5, 5.41) is 5.16. The van der Waals surface area contributed by atoms with E-state index in [0.29, 0.717) is 26.6 Å². The number of nitrogens with zero attached hydrogens (tertiary/aromatic N) is 2. The number of nitrogens with one attached hydrogen (secondary N) is 1. The Labute approximate surface area is 193 Å². The average Bonchev–Trinajstić information content (AvgIpc) is 3.24. The normalized spacial score (nSPS) is 11.3. The molecule has 0 saturated carbocycles. The van der Waals surface area contributed by atoms with E-state index in [-0.39, 0.29) is 29.0 Å². The van der Waals surface area contributed by atoms with Gasteiger partial charge in [0.1, 0.15) is 10.5 Å². The quantitative estimate of drug-likeness (QED) is 0.290. The summed E-state index contributed by atoms with van der Waals surface area (Å²) in [5.41, 5.74) is 3.14. The van der Waals surface area contributed by atoms with Crippen LogP contribution < -0.4 is 10.9 Å². The molecule has 2 aromatic heterocycles. The highest BCUT2D eigenvalue weighted by Crippen LogP contribution is 2.26. The van der Waals surface area contributed by atoms with Gasteiger partial charge in [-0.2, -0.15) is 0 Å². The summed E-state index contributed by atoms with van der Waals surface area (Å²) in [5.74, 6) is -0.183. The SMILES string of the molecule is Cc1cc(-n2c(SCC(=O)Nc3ccccc3C(C)C)nc3ccsc3c2=O)ccc1F. The first-order chi connectivity index (χ1) is 15.3. The summed E-state index contributed by atoms with van der Waals surface area (Å²) in [6.45, 7) is 5.79. The predicted molar refractivity (Wildman–Crippen MR) is 130 cm³/mol. The zero-order valence-electron chi connectivity index (χ0n) is 17.9. The smallest absolute Gasteiger partial charge is 0.276 e. The predicted octanol–water partition coefficient (Wildman–Crippen LogP) is 5.75. The topological polar surface area (TPSA) is 64.0 Å². The molecule has 0 bridgehead atoms. The van der Waals surface area contributed by atoms with Crippen LogP contribution in [0.5, 0.6) is 0 Å². The zero-order valence-corrected chi connectivity index (χ0v) is 19.5. The number of carbonyl (C=O) groups excluding carboxylic acids is 1. The van der Waals surface area contributed by atoms with Crippen molar-refractivity contribution >= 4 is 44.9 Å². The first-order valence-corrected chi connectivity index (χ1v) is 12.0. The Morgan fingerprint density at radius 1 is 1.22 bits per heavy atom. The van der Waals surface area contributed by atoms with Gasteiger partial charge in [-0.1, -0.05) is 43.8 Å². The van der Waals surface area contributed by atoms with Gasteiger partial charge >= 0.3 is 0 Å². The third-order valence-electron chi connectivity index (χ3n) is 5.04. The molecule has 5 nitrogen and oxygen atoms in total. The van der Waals surface area contributed by atoms with E-state index in [1.807, 2.05) is 29.6 Å². The Morgan fingerprint density at radius 3 is 2.75 bits per heavy atom. The maximum Gasteiger partial charge on any atom is 0.276 e. The number of hydrogen-bond acceptors (Lipinski definition) is 5. The van der Waals surface area contributed by atoms with Gasteiger partial charge in [0, 0.05) is 5.69 Å². The highest BCUT2D eigenvalue weighted by atomic mass is 32.2. The van der Waals surface area contributed by atoms with E-state index in [2.05, 4.69) is 24.1 Å². The van der Waals surface area contributed by atoms with E-state index in [1.165, 1.54) is 33.7 Å². The Kier molecular flexibility index (Phi) is 6.43. The van der Waals surface area contributed by atoms with Crippen molar-refractivity contribution in [3.8, 4) is 5.69 Å². The zero-order chi connectivity index (χ0) is 22.8. The lowest BCUT2D eigenvalue weighted by Crippen LogP contribution is -2.22. The number of amides is 1. The number of thiophene rings is 1. The van der Waals surface area contributed by atoms with Crippen LogP contribution in [0.3, 0.4) is 0 Å². The van der Waals surface area contributed by atoms with E-state index < -0.39 is 0 Å². The minimum atomic E-state index is -0.343. The summed E-state index contributed by atoms with van der Waals surface area (Å²) in [4.78, 5) is 30.5. The van der Waals surface area contributed by atoms with Crippen LogP contribution in [0.25, 0.3) is 15.9 Å². The van der Waals surface area contributed by atoms with E-state index in [0.717, 1.165) is 11.3 Å². The van der Waals surface area contributed by atoms with Gasteiger partial charge in [0.25, 0.3) is 5.56 Å². The second kappa shape index (κ2) is 9.26. The summed E-state index contributed by atoms with van der Waals surface area (Å²) >= 11 is 2.49. The van der Waals surface area contributed by atoms with E-state index in [1.54, 1.807) is 25.1 Å². The molecule has 0 aliphatic heterocycles. The van der Waals surface area contributed by atoms with Gasteiger partial charge in [0.05, 0.1) is 17.0 Å². The molecule has 2 heterocycles. The summed E-state index contributed by atoms with van der Waals surface area (Å²) < 4.78 is 15.8. The Morgan fingerprint density at radius 2 is 2.00 bits per heavy atom. The van der Waals surface area contributed by atoms with Crippen molar-refractivity contribution in [2.24, 2.45) is 0 Å². The monoisotopic (exact) mass is 467 g/mol. The van der Waals surface area contributed by atoms with E-state index >= 15 is 0 Å². The Balaban J connectivity index is 1.65. The standard InChI is InChI=1S/C24H22FN3O2S2/c1-14(2)17-6-4-5-7-19(17)26-21(29)13-32-24-27-20-10-11-31-22(20)23(30)28(24)16-8-9-18(25)15(3)12-16/h4-12,14H,13H2,1-3H3,(H,26,29). The number of para-hydroxylation sites is 1. The third-order valence-corrected chi connectivity index (χ3v) is 6.87. The number of hydrogen-bond donors (Lipinski definition) is 1. The molecular weight excluding hydrogens is 445 g/mol. The van der Waals surface area contributed by atoms with Crippen molar-refractivity contribution in [1.29, 1.82) is 0 Å². The van der Waals surface area contributed by atoms with Crippen molar-refractivity contribution in [2.75, 3.05) is 11.1 Å². The minimum absolute atomic E-state index is 0.0781. The largest absolute Gasteiger partial charge is 0.325 e. The van der Waals surface area contributed by atoms with Gasteiger partial charge < -0.3 is 5.32 Å². The number of benzene rings is 2. The molecule has 0 unspecified atom stereocenters. The number of halogens is 1. The number of carbonyl (C=O) groups is 1. The molecule has 0 atom stereocenters. The fraction of sp³-hybridized carbons (Fsp3) is 0.208. The molecule has 0 aliphatic carbocycles. The Hall–Kier alpha value is -2.97. The Bertz CT molecular complexity index is 1360. The van der Waals surface area contributed by atoms with Crippen molar-refractivity contribution in [2.45, 2.75) is 31.8 Å². The van der Waals surface area contributed by atoms with Crippen LogP contribution >= 0.6 is 23.1 Å². The molecule has 0 aliphatic rings. The molecule has 0 fully saturated rings. The summed E-state index contributed by atoms with van der Waals surface area (Å²) in [6.07, 6.45) is 0. The van der Waals surface area contributed by atoms with Crippen LogP contribution in [0, 0.1) is 12.7 Å². The number of anilines is 1. The van der Waals surface area contributed by atoms with Gasteiger partial charge in [-0.15, -0.1) is 11.3 Å². The van der Waals surface area contributed by atoms with Crippen LogP contribution in [0.2, 0.25) is 0 Å². The number of rotatable bonds is 6. The highest BCUT2D eigenvalue weighted by Gasteiger charge is 2.17. The molecule has 0 saturated heterocycles. The molecule has 164 valence electrons. The molecule has 32 heavy (non-hydrogen) atoms. The molecule has 4 rings (SSSR count). The van der Waals surface area contributed by atoms with Gasteiger partial charge in [0.15, 0.2) is 5.16 Å². The number of fused-ring (bicyclic) bond motifs is 1. The van der Waals surface area contributed by atoms with Crippen LogP contribution in [-0.4, -0.2) is 21.2 Å². The van der Waals surface area contributed by atoms with Gasteiger partial charge in [0.2, 0.25) is 5.91 Å². The molecule has 1 N–H and O–H groups in total. The van der Waals surface area contributed by atoms with Crippen molar-refractivity contribution in [3.05, 3.63) is 81.2 Å². The fourth-order valence-electron chi connectivity index (χ4n) is 3.42. The lowest BCUT2D eigenvalue weighted by atomic mass is 10.0. The second-order valence-corrected chi connectivity index (χ2v) is 9.54. The maximum absolute atomic E-state index is 13.8. The lowest BCUT2D eigenvalue weighted by molar-refractivity contribution is -0.113. The van der Waals surface area contributed by atoms with E-state index in [9.17, 15) is 14.0 Å².